The van der Waals surface area contributed by atoms with Gasteiger partial charge in [0.25, 0.3) is 0 Å². The minimum Gasteiger partial charge on any atom is -0.226 e. The van der Waals surface area contributed by atoms with Crippen LogP contribution in [0.3, 0.4) is 0 Å². The molecule has 1 heterocycles. The topological polar surface area (TPSA) is 79.0 Å². The van der Waals surface area contributed by atoms with E-state index in [1.54, 1.807) is 36.4 Å². The normalized spacial score (nSPS) is 12.1. The van der Waals surface area contributed by atoms with Gasteiger partial charge < -0.3 is 0 Å². The van der Waals surface area contributed by atoms with Crippen LogP contribution >= 0.6 is 11.6 Å². The zero-order chi connectivity index (χ0) is 26.3. The maximum atomic E-state index is 13.6. The fraction of sp³-hybridized carbons (Fsp3) is 0.120. The molecular weight excluding hydrogens is 513 g/mol. The van der Waals surface area contributed by atoms with Crippen LogP contribution in [0.5, 0.6) is 0 Å². The Bertz CT molecular complexity index is 1550. The van der Waals surface area contributed by atoms with Crippen LogP contribution in [0.4, 0.5) is 13.2 Å². The molecule has 0 atom stereocenters. The van der Waals surface area contributed by atoms with E-state index in [2.05, 4.69) is 4.98 Å². The number of nitrogens with zero attached hydrogens (tertiary/aromatic N) is 4. The second-order valence-corrected chi connectivity index (χ2v) is 10.4. The number of halogens is 4. The van der Waals surface area contributed by atoms with Crippen molar-refractivity contribution < 1.29 is 21.6 Å². The lowest BCUT2D eigenvalue weighted by molar-refractivity contribution is -0.137. The van der Waals surface area contributed by atoms with Gasteiger partial charge in [-0.05, 0) is 48.5 Å². The summed E-state index contributed by atoms with van der Waals surface area (Å²) in [5.41, 5.74) is 0.964. The van der Waals surface area contributed by atoms with Crippen LogP contribution in [-0.4, -0.2) is 35.8 Å². The lowest BCUT2D eigenvalue weighted by Gasteiger charge is -2.18. The van der Waals surface area contributed by atoms with Gasteiger partial charge in [-0.1, -0.05) is 35.9 Å². The average molecular weight is 531 g/mol. The first-order valence-corrected chi connectivity index (χ1v) is 12.2. The minimum absolute atomic E-state index is 0.0352. The predicted octanol–water partition coefficient (Wildman–Crippen LogP) is 6.08. The number of alkyl halides is 3. The van der Waals surface area contributed by atoms with Gasteiger partial charge in [-0.2, -0.15) is 31.2 Å². The Labute approximate surface area is 211 Å². The van der Waals surface area contributed by atoms with Crippen molar-refractivity contribution in [1.82, 2.24) is 13.3 Å². The molecule has 36 heavy (non-hydrogen) atoms. The van der Waals surface area contributed by atoms with Gasteiger partial charge in [0.1, 0.15) is 0 Å². The van der Waals surface area contributed by atoms with Crippen molar-refractivity contribution in [3.63, 3.8) is 0 Å². The van der Waals surface area contributed by atoms with E-state index >= 15 is 0 Å². The number of imidazole rings is 1. The summed E-state index contributed by atoms with van der Waals surface area (Å²) >= 11 is 6.04. The molecule has 0 bridgehead atoms. The molecule has 0 aliphatic rings. The third-order valence-corrected chi connectivity index (χ3v) is 7.40. The molecule has 4 aromatic rings. The van der Waals surface area contributed by atoms with Gasteiger partial charge in [-0.25, -0.2) is 8.96 Å². The summed E-state index contributed by atoms with van der Waals surface area (Å²) in [6.07, 6.45) is -4.53. The summed E-state index contributed by atoms with van der Waals surface area (Å²) in [6, 6.07) is 18.9. The van der Waals surface area contributed by atoms with Crippen molar-refractivity contribution in [3.8, 4) is 40.0 Å². The van der Waals surface area contributed by atoms with E-state index in [9.17, 15) is 21.6 Å². The molecule has 0 amide bonds. The van der Waals surface area contributed by atoms with Crippen molar-refractivity contribution in [3.05, 3.63) is 88.9 Å². The number of nitriles is 1. The Morgan fingerprint density at radius 2 is 1.42 bits per heavy atom. The SMILES string of the molecule is CN(C)S(=O)(=O)n1c(-c2ccc(C#N)cc2)nc(-c2ccc(C(F)(F)F)cc2)c1-c1ccc(Cl)cc1. The summed E-state index contributed by atoms with van der Waals surface area (Å²) in [4.78, 5) is 4.61. The minimum atomic E-state index is -4.53. The third-order valence-electron chi connectivity index (χ3n) is 5.41. The van der Waals surface area contributed by atoms with Gasteiger partial charge in [0.15, 0.2) is 5.82 Å². The van der Waals surface area contributed by atoms with E-state index in [4.69, 9.17) is 16.9 Å². The molecule has 0 radical (unpaired) electrons. The third kappa shape index (κ3) is 4.73. The molecule has 0 unspecified atom stereocenters. The van der Waals surface area contributed by atoms with Crippen LogP contribution in [0.15, 0.2) is 72.8 Å². The van der Waals surface area contributed by atoms with E-state index in [1.807, 2.05) is 6.07 Å². The smallest absolute Gasteiger partial charge is 0.226 e. The maximum absolute atomic E-state index is 13.6. The Hall–Kier alpha value is -3.65. The van der Waals surface area contributed by atoms with E-state index in [0.717, 1.165) is 20.4 Å². The molecule has 11 heteroatoms. The van der Waals surface area contributed by atoms with Crippen molar-refractivity contribution >= 4 is 21.8 Å². The van der Waals surface area contributed by atoms with Crippen LogP contribution in [0.25, 0.3) is 33.9 Å². The molecule has 4 rings (SSSR count). The van der Waals surface area contributed by atoms with Gasteiger partial charge in [-0.3, -0.25) is 0 Å². The molecule has 184 valence electrons. The first kappa shape index (κ1) is 25.4. The van der Waals surface area contributed by atoms with E-state index in [0.29, 0.717) is 21.7 Å². The summed E-state index contributed by atoms with van der Waals surface area (Å²) in [5.74, 6) is 0.0352. The second kappa shape index (κ2) is 9.43. The Morgan fingerprint density at radius 3 is 1.92 bits per heavy atom. The van der Waals surface area contributed by atoms with E-state index < -0.39 is 21.9 Å². The summed E-state index contributed by atoms with van der Waals surface area (Å²) in [6.45, 7) is 0. The van der Waals surface area contributed by atoms with Gasteiger partial charge in [0.05, 0.1) is 28.6 Å². The molecular formula is C25H18ClF3N4O2S. The maximum Gasteiger partial charge on any atom is 0.416 e. The standard InChI is InChI=1S/C25H18ClF3N4O2S/c1-32(2)36(34,35)33-23(18-9-13-21(26)14-10-18)22(17-7-11-20(12-8-17)25(27,28)29)31-24(33)19-5-3-16(15-30)4-6-19/h3-14H,1-2H3. The van der Waals surface area contributed by atoms with Crippen molar-refractivity contribution in [2.75, 3.05) is 14.1 Å². The quantitative estimate of drug-likeness (QED) is 0.313. The first-order valence-electron chi connectivity index (χ1n) is 10.4. The van der Waals surface area contributed by atoms with E-state index in [1.165, 1.54) is 38.4 Å². The molecule has 0 aliphatic heterocycles. The van der Waals surface area contributed by atoms with Gasteiger partial charge in [0, 0.05) is 35.8 Å². The van der Waals surface area contributed by atoms with Gasteiger partial charge >= 0.3 is 16.4 Å². The average Bonchev–Trinajstić information content (AvgIpc) is 3.25. The second-order valence-electron chi connectivity index (χ2n) is 7.96. The van der Waals surface area contributed by atoms with Gasteiger partial charge in [0.2, 0.25) is 0 Å². The molecule has 0 saturated heterocycles. The number of hydrogen-bond acceptors (Lipinski definition) is 4. The Kier molecular flexibility index (Phi) is 6.66. The summed E-state index contributed by atoms with van der Waals surface area (Å²) in [7, 11) is -1.44. The Morgan fingerprint density at radius 1 is 0.889 bits per heavy atom. The molecule has 0 fully saturated rings. The fourth-order valence-corrected chi connectivity index (χ4v) is 4.79. The highest BCUT2D eigenvalue weighted by molar-refractivity contribution is 7.87. The zero-order valence-electron chi connectivity index (χ0n) is 19.0. The van der Waals surface area contributed by atoms with Crippen LogP contribution in [-0.2, 0) is 16.4 Å². The molecule has 0 aliphatic carbocycles. The van der Waals surface area contributed by atoms with Crippen molar-refractivity contribution in [2.24, 2.45) is 0 Å². The lowest BCUT2D eigenvalue weighted by Crippen LogP contribution is -2.30. The summed E-state index contributed by atoms with van der Waals surface area (Å²) < 4.78 is 68.7. The number of benzene rings is 3. The van der Waals surface area contributed by atoms with Crippen LogP contribution in [0.2, 0.25) is 5.02 Å². The van der Waals surface area contributed by atoms with Crippen molar-refractivity contribution in [2.45, 2.75) is 6.18 Å². The first-order chi connectivity index (χ1) is 16.9. The highest BCUT2D eigenvalue weighted by atomic mass is 35.5. The summed E-state index contributed by atoms with van der Waals surface area (Å²) in [5, 5.41) is 9.56. The zero-order valence-corrected chi connectivity index (χ0v) is 20.5. The predicted molar refractivity (Wildman–Crippen MR) is 131 cm³/mol. The molecule has 3 aromatic carbocycles. The monoisotopic (exact) mass is 530 g/mol. The van der Waals surface area contributed by atoms with Crippen LogP contribution in [0.1, 0.15) is 11.1 Å². The fourth-order valence-electron chi connectivity index (χ4n) is 3.55. The molecule has 6 nitrogen and oxygen atoms in total. The largest absolute Gasteiger partial charge is 0.416 e. The molecule has 0 spiro atoms. The number of hydrogen-bond donors (Lipinski definition) is 0. The molecule has 0 N–H and O–H groups in total. The number of rotatable bonds is 5. The van der Waals surface area contributed by atoms with Crippen LogP contribution in [0, 0.1) is 11.3 Å². The van der Waals surface area contributed by atoms with E-state index in [-0.39, 0.29) is 22.8 Å². The molecule has 1 aromatic heterocycles. The lowest BCUT2D eigenvalue weighted by atomic mass is 10.0. The van der Waals surface area contributed by atoms with Crippen LogP contribution < -0.4 is 0 Å². The van der Waals surface area contributed by atoms with Crippen molar-refractivity contribution in [1.29, 1.82) is 5.26 Å². The highest BCUT2D eigenvalue weighted by Gasteiger charge is 2.32. The highest BCUT2D eigenvalue weighted by Crippen LogP contribution is 2.39. The Balaban J connectivity index is 2.09. The molecule has 0 saturated carbocycles. The number of aromatic nitrogens is 2. The van der Waals surface area contributed by atoms with Gasteiger partial charge in [-0.15, -0.1) is 0 Å².